The third-order valence-electron chi connectivity index (χ3n) is 5.36. The monoisotopic (exact) mass is 399 g/mol. The van der Waals surface area contributed by atoms with Crippen LogP contribution in [0.1, 0.15) is 37.0 Å². The van der Waals surface area contributed by atoms with Crippen molar-refractivity contribution >= 4 is 11.4 Å². The Kier molecular flexibility index (Phi) is 5.68. The summed E-state index contributed by atoms with van der Waals surface area (Å²) in [5.41, 5.74) is 10.8. The van der Waals surface area contributed by atoms with E-state index in [0.717, 1.165) is 16.8 Å². The van der Waals surface area contributed by atoms with E-state index < -0.39 is 0 Å². The molecule has 1 aromatic carbocycles. The number of rotatable bonds is 7. The summed E-state index contributed by atoms with van der Waals surface area (Å²) in [6.45, 7) is 4.14. The van der Waals surface area contributed by atoms with E-state index in [1.807, 2.05) is 48.7 Å². The van der Waals surface area contributed by atoms with Crippen molar-refractivity contribution in [2.24, 2.45) is 11.7 Å². The molecule has 3 aromatic heterocycles. The quantitative estimate of drug-likeness (QED) is 0.465. The van der Waals surface area contributed by atoms with Crippen molar-refractivity contribution in [3.05, 3.63) is 72.7 Å². The zero-order valence-corrected chi connectivity index (χ0v) is 17.2. The summed E-state index contributed by atoms with van der Waals surface area (Å²) in [7, 11) is 0. The van der Waals surface area contributed by atoms with Crippen LogP contribution in [-0.4, -0.2) is 31.4 Å². The SMILES string of the molecule is CC(C)C(N)CCC(=O)c1ccnc(-c2cnn3ccc(-c4ccccc4)nc23)c1. The predicted octanol–water partition coefficient (Wildman–Crippen LogP) is 4.40. The van der Waals surface area contributed by atoms with Gasteiger partial charge >= 0.3 is 0 Å². The fraction of sp³-hybridized carbons (Fsp3) is 0.250. The summed E-state index contributed by atoms with van der Waals surface area (Å²) in [5.74, 6) is 0.429. The maximum absolute atomic E-state index is 12.7. The van der Waals surface area contributed by atoms with Crippen LogP contribution in [0.2, 0.25) is 0 Å². The minimum absolute atomic E-state index is 0.0236. The smallest absolute Gasteiger partial charge is 0.164 e. The molecule has 6 nitrogen and oxygen atoms in total. The molecule has 0 saturated carbocycles. The topological polar surface area (TPSA) is 86.2 Å². The van der Waals surface area contributed by atoms with Crippen LogP contribution in [0.4, 0.5) is 0 Å². The average Bonchev–Trinajstić information content (AvgIpc) is 3.21. The van der Waals surface area contributed by atoms with Crippen molar-refractivity contribution in [1.82, 2.24) is 19.6 Å². The molecule has 3 heterocycles. The van der Waals surface area contributed by atoms with E-state index in [1.54, 1.807) is 23.0 Å². The summed E-state index contributed by atoms with van der Waals surface area (Å²) in [6.07, 6.45) is 6.38. The van der Waals surface area contributed by atoms with Crippen molar-refractivity contribution < 1.29 is 4.79 Å². The fourth-order valence-electron chi connectivity index (χ4n) is 3.35. The summed E-state index contributed by atoms with van der Waals surface area (Å²) in [6, 6.07) is 15.5. The van der Waals surface area contributed by atoms with Gasteiger partial charge in [0.25, 0.3) is 0 Å². The average molecular weight is 399 g/mol. The Morgan fingerprint density at radius 1 is 1.10 bits per heavy atom. The van der Waals surface area contributed by atoms with Crippen LogP contribution in [0.3, 0.4) is 0 Å². The molecule has 0 saturated heterocycles. The first-order valence-corrected chi connectivity index (χ1v) is 10.2. The number of fused-ring (bicyclic) bond motifs is 1. The molecular weight excluding hydrogens is 374 g/mol. The van der Waals surface area contributed by atoms with E-state index in [9.17, 15) is 4.79 Å². The Labute approximate surface area is 175 Å². The largest absolute Gasteiger partial charge is 0.327 e. The molecule has 0 aliphatic rings. The molecule has 0 radical (unpaired) electrons. The Hall–Kier alpha value is -3.38. The van der Waals surface area contributed by atoms with Gasteiger partial charge in [0.15, 0.2) is 11.4 Å². The van der Waals surface area contributed by atoms with Gasteiger partial charge in [-0.05, 0) is 30.5 Å². The lowest BCUT2D eigenvalue weighted by Gasteiger charge is -2.14. The van der Waals surface area contributed by atoms with Crippen molar-refractivity contribution in [2.75, 3.05) is 0 Å². The molecule has 4 aromatic rings. The summed E-state index contributed by atoms with van der Waals surface area (Å²) in [4.78, 5) is 21.9. The second-order valence-electron chi connectivity index (χ2n) is 7.80. The Morgan fingerprint density at radius 2 is 1.90 bits per heavy atom. The first-order valence-electron chi connectivity index (χ1n) is 10.2. The van der Waals surface area contributed by atoms with Crippen molar-refractivity contribution in [2.45, 2.75) is 32.7 Å². The Balaban J connectivity index is 1.64. The number of carbonyl (C=O) groups is 1. The number of Topliss-reactive ketones (excluding diaryl/α,β-unsaturated/α-hetero) is 1. The van der Waals surface area contributed by atoms with Gasteiger partial charge in [0.1, 0.15) is 0 Å². The molecule has 0 spiro atoms. The van der Waals surface area contributed by atoms with Crippen LogP contribution in [0.25, 0.3) is 28.2 Å². The van der Waals surface area contributed by atoms with E-state index in [2.05, 4.69) is 23.9 Å². The van der Waals surface area contributed by atoms with Gasteiger partial charge in [-0.3, -0.25) is 9.78 Å². The lowest BCUT2D eigenvalue weighted by molar-refractivity contribution is 0.0975. The normalized spacial score (nSPS) is 12.4. The first kappa shape index (κ1) is 19.9. The van der Waals surface area contributed by atoms with Gasteiger partial charge in [0.2, 0.25) is 0 Å². The first-order chi connectivity index (χ1) is 14.5. The number of carbonyl (C=O) groups excluding carboxylic acids is 1. The zero-order valence-electron chi connectivity index (χ0n) is 17.2. The van der Waals surface area contributed by atoms with Crippen LogP contribution in [0.5, 0.6) is 0 Å². The number of ketones is 1. The highest BCUT2D eigenvalue weighted by Gasteiger charge is 2.15. The summed E-state index contributed by atoms with van der Waals surface area (Å²) >= 11 is 0. The van der Waals surface area contributed by atoms with Crippen molar-refractivity contribution in [3.63, 3.8) is 0 Å². The number of hydrogen-bond donors (Lipinski definition) is 1. The number of nitrogens with two attached hydrogens (primary N) is 1. The zero-order chi connectivity index (χ0) is 21.1. The van der Waals surface area contributed by atoms with E-state index in [1.165, 1.54) is 0 Å². The molecular formula is C24H25N5O. The van der Waals surface area contributed by atoms with Crippen molar-refractivity contribution in [1.29, 1.82) is 0 Å². The summed E-state index contributed by atoms with van der Waals surface area (Å²) in [5, 5.41) is 4.40. The number of aromatic nitrogens is 4. The van der Waals surface area contributed by atoms with E-state index >= 15 is 0 Å². The second-order valence-corrected chi connectivity index (χ2v) is 7.80. The van der Waals surface area contributed by atoms with Crippen LogP contribution < -0.4 is 5.73 Å². The minimum Gasteiger partial charge on any atom is -0.327 e. The van der Waals surface area contributed by atoms with Gasteiger partial charge in [-0.2, -0.15) is 5.10 Å². The summed E-state index contributed by atoms with van der Waals surface area (Å²) < 4.78 is 1.72. The van der Waals surface area contributed by atoms with E-state index in [0.29, 0.717) is 35.7 Å². The van der Waals surface area contributed by atoms with Gasteiger partial charge in [-0.15, -0.1) is 0 Å². The molecule has 0 bridgehead atoms. The highest BCUT2D eigenvalue weighted by Crippen LogP contribution is 2.25. The Bertz CT molecular complexity index is 1170. The number of pyridine rings is 1. The van der Waals surface area contributed by atoms with Gasteiger partial charge in [0, 0.05) is 36.0 Å². The Morgan fingerprint density at radius 3 is 2.67 bits per heavy atom. The molecule has 0 amide bonds. The van der Waals surface area contributed by atoms with Crippen LogP contribution in [0.15, 0.2) is 67.1 Å². The highest BCUT2D eigenvalue weighted by molar-refractivity contribution is 5.97. The number of nitrogens with zero attached hydrogens (tertiary/aromatic N) is 4. The van der Waals surface area contributed by atoms with E-state index in [-0.39, 0.29) is 11.8 Å². The standard InChI is InChI=1S/C24H25N5O/c1-16(2)20(25)8-9-23(30)18-10-12-26-22(14-18)19-15-27-29-13-11-21(28-24(19)29)17-6-4-3-5-7-17/h3-7,10-16,20H,8-9,25H2,1-2H3. The highest BCUT2D eigenvalue weighted by atomic mass is 16.1. The van der Waals surface area contributed by atoms with Crippen LogP contribution in [-0.2, 0) is 0 Å². The van der Waals surface area contributed by atoms with Crippen molar-refractivity contribution in [3.8, 4) is 22.5 Å². The molecule has 1 unspecified atom stereocenters. The molecule has 2 N–H and O–H groups in total. The molecule has 0 aliphatic carbocycles. The third-order valence-corrected chi connectivity index (χ3v) is 5.36. The number of hydrogen-bond acceptors (Lipinski definition) is 5. The molecule has 4 rings (SSSR count). The molecule has 0 aliphatic heterocycles. The minimum atomic E-state index is 0.0236. The van der Waals surface area contributed by atoms with Crippen LogP contribution in [0, 0.1) is 5.92 Å². The lowest BCUT2D eigenvalue weighted by Crippen LogP contribution is -2.27. The maximum atomic E-state index is 12.7. The molecule has 1 atom stereocenters. The van der Waals surface area contributed by atoms with Gasteiger partial charge in [-0.25, -0.2) is 9.50 Å². The third kappa shape index (κ3) is 4.14. The number of benzene rings is 1. The van der Waals surface area contributed by atoms with E-state index in [4.69, 9.17) is 10.7 Å². The molecule has 6 heteroatoms. The second kappa shape index (κ2) is 8.55. The van der Waals surface area contributed by atoms with Gasteiger partial charge in [-0.1, -0.05) is 44.2 Å². The van der Waals surface area contributed by atoms with Crippen LogP contribution >= 0.6 is 0 Å². The molecule has 0 fully saturated rings. The van der Waals surface area contributed by atoms with Gasteiger partial charge < -0.3 is 5.73 Å². The predicted molar refractivity (Wildman–Crippen MR) is 118 cm³/mol. The lowest BCUT2D eigenvalue weighted by atomic mass is 9.97. The molecule has 152 valence electrons. The molecule has 30 heavy (non-hydrogen) atoms. The van der Waals surface area contributed by atoms with Gasteiger partial charge in [0.05, 0.1) is 23.1 Å². The maximum Gasteiger partial charge on any atom is 0.164 e. The fourth-order valence-corrected chi connectivity index (χ4v) is 3.35.